The van der Waals surface area contributed by atoms with Gasteiger partial charge in [-0.25, -0.2) is 0 Å². The van der Waals surface area contributed by atoms with Gasteiger partial charge in [0.05, 0.1) is 0 Å². The van der Waals surface area contributed by atoms with Crippen LogP contribution in [0.2, 0.25) is 0 Å². The molecule has 0 spiro atoms. The van der Waals surface area contributed by atoms with E-state index in [0.29, 0.717) is 10.9 Å². The topological polar surface area (TPSA) is 0 Å². The normalized spacial score (nSPS) is 14.3. The molecule has 1 aliphatic rings. The van der Waals surface area contributed by atoms with Crippen LogP contribution in [0.3, 0.4) is 0 Å². The monoisotopic (exact) mass is 341 g/mol. The molecule has 0 unspecified atom stereocenters. The summed E-state index contributed by atoms with van der Waals surface area (Å²) >= 11 is 0. The third-order valence-corrected chi connectivity index (χ3v) is 7.66. The van der Waals surface area contributed by atoms with Gasteiger partial charge in [-0.1, -0.05) is 72.8 Å². The average Bonchev–Trinajstić information content (AvgIpc) is 2.84. The lowest BCUT2D eigenvalue weighted by Crippen LogP contribution is -2.09. The number of fused-ring (bicyclic) bond motifs is 7. The van der Waals surface area contributed by atoms with Crippen LogP contribution in [-0.4, -0.2) is 5.75 Å². The lowest BCUT2D eigenvalue weighted by atomic mass is 9.88. The van der Waals surface area contributed by atoms with Gasteiger partial charge >= 0.3 is 0 Å². The maximum Gasteiger partial charge on any atom is 0.134 e. The van der Waals surface area contributed by atoms with Crippen molar-refractivity contribution in [1.82, 2.24) is 0 Å². The molecule has 0 aliphatic carbocycles. The summed E-state index contributed by atoms with van der Waals surface area (Å²) in [7, 11) is 0.422. The fourth-order valence-electron chi connectivity index (χ4n) is 4.16. The molecule has 0 saturated heterocycles. The van der Waals surface area contributed by atoms with Crippen LogP contribution in [0.15, 0.2) is 72.8 Å². The van der Waals surface area contributed by atoms with E-state index >= 15 is 0 Å². The van der Waals surface area contributed by atoms with E-state index in [4.69, 9.17) is 0 Å². The van der Waals surface area contributed by atoms with Gasteiger partial charge in [-0.3, -0.25) is 0 Å². The molecule has 0 fully saturated rings. The fourth-order valence-corrected chi connectivity index (χ4v) is 6.03. The van der Waals surface area contributed by atoms with Crippen LogP contribution in [0, 0.1) is 0 Å². The van der Waals surface area contributed by atoms with Crippen LogP contribution in [0.1, 0.15) is 18.1 Å². The van der Waals surface area contributed by atoms with Gasteiger partial charge in [-0.05, 0) is 50.5 Å². The van der Waals surface area contributed by atoms with Crippen molar-refractivity contribution in [3.63, 3.8) is 0 Å². The van der Waals surface area contributed by atoms with Crippen molar-refractivity contribution in [2.75, 3.05) is 5.75 Å². The molecule has 1 heteroatoms. The molecule has 25 heavy (non-hydrogen) atoms. The van der Waals surface area contributed by atoms with Crippen molar-refractivity contribution >= 4 is 32.4 Å². The predicted molar refractivity (Wildman–Crippen MR) is 112 cm³/mol. The van der Waals surface area contributed by atoms with Crippen LogP contribution in [0.4, 0.5) is 0 Å². The Morgan fingerprint density at radius 1 is 0.640 bits per heavy atom. The summed E-state index contributed by atoms with van der Waals surface area (Å²) in [5, 5.41) is 5.50. The SMILES string of the molecule is CC[S+]1Cc2ccc3ccccc3c2-c2c(ccc3ccccc23)C1. The summed E-state index contributed by atoms with van der Waals surface area (Å²) in [4.78, 5) is 0. The van der Waals surface area contributed by atoms with Crippen LogP contribution in [-0.2, 0) is 22.4 Å². The first-order valence-corrected chi connectivity index (χ1v) is 10.7. The largest absolute Gasteiger partial charge is 0.134 e. The Bertz CT molecular complexity index is 1010. The third-order valence-electron chi connectivity index (χ3n) is 5.41. The Labute approximate surface area is 151 Å². The van der Waals surface area contributed by atoms with Gasteiger partial charge < -0.3 is 0 Å². The second-order valence-corrected chi connectivity index (χ2v) is 9.21. The molecule has 0 nitrogen and oxygen atoms in total. The molecule has 0 radical (unpaired) electrons. The van der Waals surface area contributed by atoms with Crippen molar-refractivity contribution < 1.29 is 0 Å². The van der Waals surface area contributed by atoms with Gasteiger partial charge in [0.2, 0.25) is 0 Å². The third kappa shape index (κ3) is 2.38. The summed E-state index contributed by atoms with van der Waals surface area (Å²) < 4.78 is 0. The van der Waals surface area contributed by atoms with E-state index in [0.717, 1.165) is 0 Å². The molecule has 1 aliphatic heterocycles. The molecule has 0 amide bonds. The van der Waals surface area contributed by atoms with Crippen molar-refractivity contribution in [1.29, 1.82) is 0 Å². The smallest absolute Gasteiger partial charge is 0.0616 e. The quantitative estimate of drug-likeness (QED) is 0.356. The lowest BCUT2D eigenvalue weighted by molar-refractivity contribution is 1.35. The van der Waals surface area contributed by atoms with Gasteiger partial charge in [0.15, 0.2) is 0 Å². The summed E-state index contributed by atoms with van der Waals surface area (Å²) in [6.45, 7) is 2.34. The molecule has 122 valence electrons. The zero-order valence-corrected chi connectivity index (χ0v) is 15.3. The highest BCUT2D eigenvalue weighted by atomic mass is 32.2. The molecular weight excluding hydrogens is 320 g/mol. The molecule has 1 heterocycles. The first-order chi connectivity index (χ1) is 12.3. The van der Waals surface area contributed by atoms with Crippen molar-refractivity contribution in [2.24, 2.45) is 0 Å². The number of rotatable bonds is 1. The highest BCUT2D eigenvalue weighted by Crippen LogP contribution is 2.42. The van der Waals surface area contributed by atoms with Gasteiger partial charge in [0.1, 0.15) is 17.3 Å². The summed E-state index contributed by atoms with van der Waals surface area (Å²) in [6.07, 6.45) is 0. The molecule has 0 bridgehead atoms. The van der Waals surface area contributed by atoms with Gasteiger partial charge in [0, 0.05) is 11.1 Å². The maximum absolute atomic E-state index is 2.38. The highest BCUT2D eigenvalue weighted by Gasteiger charge is 2.28. The molecule has 4 aromatic rings. The number of hydrogen-bond acceptors (Lipinski definition) is 0. The molecule has 0 aromatic heterocycles. The molecule has 0 atom stereocenters. The Hall–Kier alpha value is -2.25. The van der Waals surface area contributed by atoms with E-state index in [9.17, 15) is 0 Å². The first-order valence-electron chi connectivity index (χ1n) is 9.01. The second-order valence-electron chi connectivity index (χ2n) is 6.83. The molecule has 0 saturated carbocycles. The molecular formula is C24H21S+. The van der Waals surface area contributed by atoms with Crippen LogP contribution < -0.4 is 0 Å². The first kappa shape index (κ1) is 15.0. The van der Waals surface area contributed by atoms with Crippen molar-refractivity contribution in [2.45, 2.75) is 18.4 Å². The van der Waals surface area contributed by atoms with E-state index in [2.05, 4.69) is 79.7 Å². The Balaban J connectivity index is 1.97. The van der Waals surface area contributed by atoms with E-state index in [1.807, 2.05) is 0 Å². The van der Waals surface area contributed by atoms with E-state index in [1.54, 1.807) is 0 Å². The Morgan fingerprint density at radius 2 is 1.12 bits per heavy atom. The number of benzene rings is 4. The average molecular weight is 341 g/mol. The predicted octanol–water partition coefficient (Wildman–Crippen LogP) is 6.31. The summed E-state index contributed by atoms with van der Waals surface area (Å²) in [5.74, 6) is 3.68. The molecule has 4 aromatic carbocycles. The lowest BCUT2D eigenvalue weighted by Gasteiger charge is -2.14. The minimum Gasteiger partial charge on any atom is -0.0616 e. The highest BCUT2D eigenvalue weighted by molar-refractivity contribution is 7.95. The Morgan fingerprint density at radius 3 is 1.60 bits per heavy atom. The van der Waals surface area contributed by atoms with Crippen LogP contribution in [0.25, 0.3) is 32.7 Å². The molecule has 5 rings (SSSR count). The van der Waals surface area contributed by atoms with Crippen molar-refractivity contribution in [3.8, 4) is 11.1 Å². The maximum atomic E-state index is 2.38. The van der Waals surface area contributed by atoms with Crippen LogP contribution >= 0.6 is 0 Å². The number of hydrogen-bond donors (Lipinski definition) is 0. The van der Waals surface area contributed by atoms with Gasteiger partial charge in [-0.15, -0.1) is 0 Å². The Kier molecular flexibility index (Phi) is 3.57. The standard InChI is InChI=1S/C24H21S/c1-2-25-15-19-13-11-17-7-3-5-9-21(17)23(19)24-20(16-25)14-12-18-8-4-6-10-22(18)24/h3-14H,2,15-16H2,1H3/q+1. The summed E-state index contributed by atoms with van der Waals surface area (Å²) in [5.41, 5.74) is 6.01. The minimum atomic E-state index is 0.422. The molecule has 0 N–H and O–H groups in total. The van der Waals surface area contributed by atoms with E-state index in [1.165, 1.54) is 61.1 Å². The zero-order chi connectivity index (χ0) is 16.8. The van der Waals surface area contributed by atoms with Gasteiger partial charge in [0.25, 0.3) is 0 Å². The van der Waals surface area contributed by atoms with E-state index < -0.39 is 0 Å². The van der Waals surface area contributed by atoms with Crippen LogP contribution in [0.5, 0.6) is 0 Å². The second kappa shape index (κ2) is 5.93. The zero-order valence-electron chi connectivity index (χ0n) is 14.5. The van der Waals surface area contributed by atoms with Gasteiger partial charge in [-0.2, -0.15) is 0 Å². The summed E-state index contributed by atoms with van der Waals surface area (Å²) in [6, 6.07) is 27.1. The fraction of sp³-hybridized carbons (Fsp3) is 0.167. The van der Waals surface area contributed by atoms with Crippen molar-refractivity contribution in [3.05, 3.63) is 83.9 Å². The minimum absolute atomic E-state index is 0.422. The van der Waals surface area contributed by atoms with E-state index in [-0.39, 0.29) is 0 Å².